The summed E-state index contributed by atoms with van der Waals surface area (Å²) in [6.45, 7) is -0.834. The Morgan fingerprint density at radius 3 is 2.78 bits per heavy atom. The predicted octanol–water partition coefficient (Wildman–Crippen LogP) is 4.56. The zero-order valence-corrected chi connectivity index (χ0v) is 17.5. The van der Waals surface area contributed by atoms with E-state index in [4.69, 9.17) is 16.3 Å². The summed E-state index contributed by atoms with van der Waals surface area (Å²) >= 11 is 5.84. The molecule has 1 aliphatic rings. The Bertz CT molecular complexity index is 1100. The van der Waals surface area contributed by atoms with Crippen molar-refractivity contribution in [3.8, 4) is 11.5 Å². The van der Waals surface area contributed by atoms with Crippen molar-refractivity contribution in [2.45, 2.75) is 19.1 Å². The van der Waals surface area contributed by atoms with Crippen LogP contribution in [-0.4, -0.2) is 58.9 Å². The lowest BCUT2D eigenvalue weighted by atomic mass is 10.1. The van der Waals surface area contributed by atoms with Crippen molar-refractivity contribution < 1.29 is 27.8 Å². The minimum atomic E-state index is -2.75. The molecule has 0 spiro atoms. The van der Waals surface area contributed by atoms with Crippen LogP contribution in [0.1, 0.15) is 6.42 Å². The first-order valence-electron chi connectivity index (χ1n) is 9.87. The monoisotopic (exact) mass is 468 g/mol. The summed E-state index contributed by atoms with van der Waals surface area (Å²) < 4.78 is 47.8. The largest absolute Gasteiger partial charge is 0.504 e. The fourth-order valence-electron chi connectivity index (χ4n) is 3.40. The number of hydrogen-bond donors (Lipinski definition) is 2. The van der Waals surface area contributed by atoms with Gasteiger partial charge in [0.15, 0.2) is 11.5 Å². The highest BCUT2D eigenvalue weighted by molar-refractivity contribution is 6.31. The van der Waals surface area contributed by atoms with Gasteiger partial charge in [-0.1, -0.05) is 11.6 Å². The van der Waals surface area contributed by atoms with Gasteiger partial charge in [-0.2, -0.15) is 8.78 Å². The summed E-state index contributed by atoms with van der Waals surface area (Å²) in [5.74, 6) is 0.102. The van der Waals surface area contributed by atoms with E-state index in [0.29, 0.717) is 55.1 Å². The molecule has 32 heavy (non-hydrogen) atoms. The molecular weight excluding hydrogens is 449 g/mol. The molecule has 11 heteroatoms. The van der Waals surface area contributed by atoms with Gasteiger partial charge in [0.2, 0.25) is 0 Å². The number of alkyl halides is 2. The Kier molecular flexibility index (Phi) is 6.83. The summed E-state index contributed by atoms with van der Waals surface area (Å²) in [4.78, 5) is 10.4. The van der Waals surface area contributed by atoms with Crippen molar-refractivity contribution in [2.75, 3.05) is 31.6 Å². The molecule has 170 valence electrons. The van der Waals surface area contributed by atoms with Gasteiger partial charge in [0.05, 0.1) is 23.3 Å². The van der Waals surface area contributed by atoms with E-state index >= 15 is 0 Å². The number of hydrogen-bond acceptors (Lipinski definition) is 7. The number of nitrogens with zero attached hydrogens (tertiary/aromatic N) is 3. The lowest BCUT2D eigenvalue weighted by Gasteiger charge is -2.38. The molecule has 0 amide bonds. The summed E-state index contributed by atoms with van der Waals surface area (Å²) in [5.41, 5.74) is 1.03. The van der Waals surface area contributed by atoms with Gasteiger partial charge in [-0.25, -0.2) is 14.4 Å². The second kappa shape index (κ2) is 9.76. The number of nitrogens with one attached hydrogen (secondary N) is 1. The molecule has 1 aromatic heterocycles. The smallest absolute Gasteiger partial charge is 0.345 e. The number of aromatic hydroxyl groups is 1. The Labute approximate surface area is 186 Å². The van der Waals surface area contributed by atoms with Gasteiger partial charge < -0.3 is 19.9 Å². The topological polar surface area (TPSA) is 79.7 Å². The van der Waals surface area contributed by atoms with Crippen LogP contribution in [0.2, 0.25) is 5.02 Å². The van der Waals surface area contributed by atoms with Crippen LogP contribution in [0.3, 0.4) is 0 Å². The SMILES string of the molecule is Oc1cc2ncnc(Nc3ccc(F)c(Cl)c3)c2cc1OCCCN1CC(OC(F)F)C1. The van der Waals surface area contributed by atoms with E-state index in [1.54, 1.807) is 6.07 Å². The average molecular weight is 469 g/mol. The Morgan fingerprint density at radius 1 is 1.22 bits per heavy atom. The maximum Gasteiger partial charge on any atom is 0.345 e. The molecule has 3 aromatic rings. The Morgan fingerprint density at radius 2 is 2.03 bits per heavy atom. The van der Waals surface area contributed by atoms with Crippen LogP contribution in [0.15, 0.2) is 36.7 Å². The summed E-state index contributed by atoms with van der Waals surface area (Å²) in [5, 5.41) is 13.9. The lowest BCUT2D eigenvalue weighted by Crippen LogP contribution is -2.53. The summed E-state index contributed by atoms with van der Waals surface area (Å²) in [6.07, 6.45) is 1.55. The minimum absolute atomic E-state index is 0.0238. The summed E-state index contributed by atoms with van der Waals surface area (Å²) in [7, 11) is 0. The number of ether oxygens (including phenoxy) is 2. The molecule has 1 saturated heterocycles. The molecule has 0 unspecified atom stereocenters. The fourth-order valence-corrected chi connectivity index (χ4v) is 3.59. The van der Waals surface area contributed by atoms with Gasteiger partial charge in [0.1, 0.15) is 18.0 Å². The maximum absolute atomic E-state index is 13.4. The van der Waals surface area contributed by atoms with Crippen LogP contribution in [0.5, 0.6) is 11.5 Å². The molecule has 0 bridgehead atoms. The third-order valence-corrected chi connectivity index (χ3v) is 5.28. The molecule has 0 radical (unpaired) electrons. The third kappa shape index (κ3) is 5.32. The number of anilines is 2. The lowest BCUT2D eigenvalue weighted by molar-refractivity contribution is -0.195. The molecule has 0 saturated carbocycles. The van der Waals surface area contributed by atoms with Crippen molar-refractivity contribution in [3.63, 3.8) is 0 Å². The molecule has 2 N–H and O–H groups in total. The first-order valence-corrected chi connectivity index (χ1v) is 10.3. The highest BCUT2D eigenvalue weighted by Crippen LogP contribution is 2.34. The number of rotatable bonds is 9. The zero-order chi connectivity index (χ0) is 22.7. The molecule has 7 nitrogen and oxygen atoms in total. The molecule has 2 aromatic carbocycles. The van der Waals surface area contributed by atoms with E-state index in [2.05, 4.69) is 20.0 Å². The van der Waals surface area contributed by atoms with Crippen LogP contribution < -0.4 is 10.1 Å². The highest BCUT2D eigenvalue weighted by Gasteiger charge is 2.29. The van der Waals surface area contributed by atoms with Crippen LogP contribution >= 0.6 is 11.6 Å². The number of halogens is 4. The number of fused-ring (bicyclic) bond motifs is 1. The first kappa shape index (κ1) is 22.4. The Hall–Kier alpha value is -2.82. The Balaban J connectivity index is 1.39. The van der Waals surface area contributed by atoms with Gasteiger partial charge in [-0.15, -0.1) is 0 Å². The third-order valence-electron chi connectivity index (χ3n) is 4.99. The standard InChI is InChI=1S/C21H20ClF3N4O3/c22-15-6-12(2-3-16(15)23)28-20-14-7-19(18(30)8-17(14)26-11-27-20)31-5-1-4-29-9-13(10-29)32-21(24)25/h2-3,6-8,11,13,21,30H,1,4-5,9-10H2,(H,26,27,28). The number of benzene rings is 2. The van der Waals surface area contributed by atoms with Crippen molar-refractivity contribution >= 4 is 34.0 Å². The quantitative estimate of drug-likeness (QED) is 0.445. The predicted molar refractivity (Wildman–Crippen MR) is 113 cm³/mol. The second-order valence-electron chi connectivity index (χ2n) is 7.29. The van der Waals surface area contributed by atoms with E-state index < -0.39 is 18.5 Å². The molecule has 0 aliphatic carbocycles. The van der Waals surface area contributed by atoms with Gasteiger partial charge >= 0.3 is 6.61 Å². The maximum atomic E-state index is 13.4. The highest BCUT2D eigenvalue weighted by atomic mass is 35.5. The molecule has 1 fully saturated rings. The van der Waals surface area contributed by atoms with Crippen LogP contribution in [-0.2, 0) is 4.74 Å². The average Bonchev–Trinajstić information content (AvgIpc) is 2.72. The number of aromatic nitrogens is 2. The van der Waals surface area contributed by atoms with Crippen LogP contribution in [0.25, 0.3) is 10.9 Å². The molecular formula is C21H20ClF3N4O3. The zero-order valence-electron chi connectivity index (χ0n) is 16.8. The normalized spacial score (nSPS) is 14.7. The number of phenols is 1. The molecule has 0 atom stereocenters. The minimum Gasteiger partial charge on any atom is -0.504 e. The number of phenolic OH excluding ortho intramolecular Hbond substituents is 1. The fraction of sp³-hybridized carbons (Fsp3) is 0.333. The van der Waals surface area contributed by atoms with Crippen molar-refractivity contribution in [3.05, 3.63) is 47.5 Å². The van der Waals surface area contributed by atoms with E-state index in [1.165, 1.54) is 30.6 Å². The van der Waals surface area contributed by atoms with Gasteiger partial charge in [-0.05, 0) is 30.7 Å². The van der Waals surface area contributed by atoms with Crippen molar-refractivity contribution in [1.29, 1.82) is 0 Å². The van der Waals surface area contributed by atoms with Gasteiger partial charge in [0, 0.05) is 36.8 Å². The van der Waals surface area contributed by atoms with Gasteiger partial charge in [0.25, 0.3) is 0 Å². The van der Waals surface area contributed by atoms with E-state index in [1.807, 2.05) is 4.90 Å². The summed E-state index contributed by atoms with van der Waals surface area (Å²) in [6, 6.07) is 7.30. The van der Waals surface area contributed by atoms with Gasteiger partial charge in [-0.3, -0.25) is 4.90 Å². The molecule has 1 aliphatic heterocycles. The molecule has 4 rings (SSSR count). The van der Waals surface area contributed by atoms with Crippen LogP contribution in [0, 0.1) is 5.82 Å². The van der Waals surface area contributed by atoms with E-state index in [-0.39, 0.29) is 16.5 Å². The van der Waals surface area contributed by atoms with Crippen LogP contribution in [0.4, 0.5) is 24.7 Å². The number of likely N-dealkylation sites (tertiary alicyclic amines) is 1. The molecule has 2 heterocycles. The first-order chi connectivity index (χ1) is 15.4. The van der Waals surface area contributed by atoms with Crippen molar-refractivity contribution in [1.82, 2.24) is 14.9 Å². The van der Waals surface area contributed by atoms with Crippen molar-refractivity contribution in [2.24, 2.45) is 0 Å². The second-order valence-corrected chi connectivity index (χ2v) is 7.70. The van der Waals surface area contributed by atoms with E-state index in [9.17, 15) is 18.3 Å². The van der Waals surface area contributed by atoms with E-state index in [0.717, 1.165) is 0 Å².